The molecule has 1 saturated carbocycles. The monoisotopic (exact) mass is 66.1 g/mol. The van der Waals surface area contributed by atoms with Gasteiger partial charge >= 0.3 is 0 Å². The van der Waals surface area contributed by atoms with Crippen LogP contribution in [0.25, 0.3) is 0 Å². The lowest BCUT2D eigenvalue weighted by molar-refractivity contribution is 0.594. The Hall–Kier alpha value is 0.0649. The highest BCUT2D eigenvalue weighted by Crippen LogP contribution is 2.59. The average molecular weight is 65.9 g/mol. The summed E-state index contributed by atoms with van der Waals surface area (Å²) in [6.45, 7) is 0. The third-order valence-corrected chi connectivity index (χ3v) is 1.98. The van der Waals surface area contributed by atoms with Gasteiger partial charge in [-0.3, -0.25) is 0 Å². The SMILES string of the molecule is B1C2CCC12. The van der Waals surface area contributed by atoms with Gasteiger partial charge in [-0.05, 0) is 0 Å². The van der Waals surface area contributed by atoms with Crippen LogP contribution in [-0.2, 0) is 0 Å². The van der Waals surface area contributed by atoms with Gasteiger partial charge in [-0.25, -0.2) is 0 Å². The van der Waals surface area contributed by atoms with Gasteiger partial charge in [-0.15, -0.1) is 0 Å². The van der Waals surface area contributed by atoms with Gasteiger partial charge < -0.3 is 0 Å². The molecule has 0 radical (unpaired) electrons. The molecule has 1 aliphatic heterocycles. The van der Waals surface area contributed by atoms with Gasteiger partial charge in [-0.1, -0.05) is 24.5 Å². The Morgan fingerprint density at radius 3 is 1.80 bits per heavy atom. The van der Waals surface area contributed by atoms with Gasteiger partial charge in [0.1, 0.15) is 7.28 Å². The maximum atomic E-state index is 1.58. The van der Waals surface area contributed by atoms with Gasteiger partial charge in [-0.2, -0.15) is 0 Å². The van der Waals surface area contributed by atoms with E-state index in [1.165, 1.54) is 11.6 Å². The van der Waals surface area contributed by atoms with Crippen LogP contribution in [-0.4, -0.2) is 7.28 Å². The summed E-state index contributed by atoms with van der Waals surface area (Å²) in [6, 6.07) is 0. The van der Waals surface area contributed by atoms with E-state index in [1.54, 1.807) is 20.1 Å². The van der Waals surface area contributed by atoms with E-state index in [0.29, 0.717) is 0 Å². The summed E-state index contributed by atoms with van der Waals surface area (Å²) < 4.78 is 0. The quantitative estimate of drug-likeness (QED) is 0.367. The standard InChI is InChI=1S/C4H7B/c1-2-4-3(1)5-4/h3-5H,1-2H2. The highest BCUT2D eigenvalue weighted by molar-refractivity contribution is 6.55. The Morgan fingerprint density at radius 2 is 1.80 bits per heavy atom. The van der Waals surface area contributed by atoms with Crippen molar-refractivity contribution in [1.82, 2.24) is 0 Å². The maximum absolute atomic E-state index is 1.58. The van der Waals surface area contributed by atoms with Crippen LogP contribution >= 0.6 is 0 Å². The molecule has 2 unspecified atom stereocenters. The van der Waals surface area contributed by atoms with Crippen molar-refractivity contribution < 1.29 is 0 Å². The van der Waals surface area contributed by atoms with Crippen molar-refractivity contribution in [3.05, 3.63) is 0 Å². The van der Waals surface area contributed by atoms with Crippen LogP contribution in [0.5, 0.6) is 0 Å². The largest absolute Gasteiger partial charge is 0.126 e. The first-order valence-electron chi connectivity index (χ1n) is 2.47. The summed E-state index contributed by atoms with van der Waals surface area (Å²) in [7, 11) is 1.58. The number of hydrogen-bond acceptors (Lipinski definition) is 0. The van der Waals surface area contributed by atoms with Crippen molar-refractivity contribution in [3.8, 4) is 0 Å². The topological polar surface area (TPSA) is 0 Å². The predicted molar refractivity (Wildman–Crippen MR) is 23.9 cm³/mol. The second-order valence-electron chi connectivity index (χ2n) is 2.33. The molecule has 5 heavy (non-hydrogen) atoms. The minimum atomic E-state index is 1.23. The molecule has 0 nitrogen and oxygen atoms in total. The van der Waals surface area contributed by atoms with Crippen LogP contribution < -0.4 is 0 Å². The van der Waals surface area contributed by atoms with Crippen molar-refractivity contribution in [2.24, 2.45) is 0 Å². The number of hydrogen-bond donors (Lipinski definition) is 0. The lowest BCUT2D eigenvalue weighted by Gasteiger charge is -2.06. The van der Waals surface area contributed by atoms with E-state index < -0.39 is 0 Å². The van der Waals surface area contributed by atoms with Crippen molar-refractivity contribution in [2.75, 3.05) is 0 Å². The van der Waals surface area contributed by atoms with Gasteiger partial charge in [0.25, 0.3) is 0 Å². The second kappa shape index (κ2) is 0.465. The molecule has 1 saturated heterocycles. The average Bonchev–Trinajstić information content (AvgIpc) is 1.74. The van der Waals surface area contributed by atoms with Crippen LogP contribution in [0.4, 0.5) is 0 Å². The molecule has 26 valence electrons. The van der Waals surface area contributed by atoms with E-state index in [-0.39, 0.29) is 0 Å². The van der Waals surface area contributed by atoms with Gasteiger partial charge in [0.05, 0.1) is 0 Å². The molecule has 2 atom stereocenters. The molecule has 0 N–H and O–H groups in total. The van der Waals surface area contributed by atoms with Gasteiger partial charge in [0.15, 0.2) is 0 Å². The third kappa shape index (κ3) is 0.142. The Kier molecular flexibility index (Phi) is 0.211. The number of fused-ring (bicyclic) bond motifs is 1. The fourth-order valence-corrected chi connectivity index (χ4v) is 1.18. The van der Waals surface area contributed by atoms with Crippen LogP contribution in [0.3, 0.4) is 0 Å². The molecule has 0 spiro atoms. The van der Waals surface area contributed by atoms with Gasteiger partial charge in [0.2, 0.25) is 0 Å². The molecule has 1 heterocycles. The first-order valence-corrected chi connectivity index (χ1v) is 2.47. The van der Waals surface area contributed by atoms with E-state index in [0.717, 1.165) is 0 Å². The van der Waals surface area contributed by atoms with Crippen molar-refractivity contribution in [2.45, 2.75) is 24.5 Å². The number of rotatable bonds is 0. The van der Waals surface area contributed by atoms with Crippen LogP contribution in [0.15, 0.2) is 0 Å². The Bertz CT molecular complexity index is 48.7. The zero-order valence-corrected chi connectivity index (χ0v) is 3.28. The summed E-state index contributed by atoms with van der Waals surface area (Å²) in [4.78, 5) is 0. The Labute approximate surface area is 32.8 Å². The molecule has 0 bridgehead atoms. The first-order chi connectivity index (χ1) is 2.47. The second-order valence-corrected chi connectivity index (χ2v) is 2.33. The zero-order valence-electron chi connectivity index (χ0n) is 3.28. The first kappa shape index (κ1) is 2.28. The van der Waals surface area contributed by atoms with Crippen LogP contribution in [0, 0.1) is 0 Å². The summed E-state index contributed by atoms with van der Waals surface area (Å²) >= 11 is 0. The van der Waals surface area contributed by atoms with Gasteiger partial charge in [0, 0.05) is 0 Å². The molecule has 0 amide bonds. The molecule has 0 aromatic rings. The molecule has 2 rings (SSSR count). The van der Waals surface area contributed by atoms with Crippen LogP contribution in [0.2, 0.25) is 11.6 Å². The van der Waals surface area contributed by atoms with E-state index >= 15 is 0 Å². The van der Waals surface area contributed by atoms with Crippen LogP contribution in [0.1, 0.15) is 12.8 Å². The molecule has 0 aromatic carbocycles. The maximum Gasteiger partial charge on any atom is 0.126 e. The minimum absolute atomic E-state index is 1.23. The van der Waals surface area contributed by atoms with E-state index in [4.69, 9.17) is 0 Å². The highest BCUT2D eigenvalue weighted by Gasteiger charge is 2.45. The molecular weight excluding hydrogens is 58.9 g/mol. The molecule has 2 aliphatic rings. The molecular formula is C4H7B. The Balaban J connectivity index is 2.19. The fraction of sp³-hybridized carbons (Fsp3) is 1.00. The zero-order chi connectivity index (χ0) is 3.28. The predicted octanol–water partition coefficient (Wildman–Crippen LogP) is 0.807. The summed E-state index contributed by atoms with van der Waals surface area (Å²) in [5.74, 6) is 2.46. The molecule has 1 aliphatic carbocycles. The van der Waals surface area contributed by atoms with E-state index in [9.17, 15) is 0 Å². The van der Waals surface area contributed by atoms with E-state index in [2.05, 4.69) is 0 Å². The van der Waals surface area contributed by atoms with Crippen molar-refractivity contribution in [3.63, 3.8) is 0 Å². The van der Waals surface area contributed by atoms with E-state index in [1.807, 2.05) is 0 Å². The smallest absolute Gasteiger partial charge is 0.0693 e. The molecule has 2 fully saturated rings. The fourth-order valence-electron chi connectivity index (χ4n) is 1.18. The Morgan fingerprint density at radius 1 is 1.20 bits per heavy atom. The third-order valence-electron chi connectivity index (χ3n) is 1.98. The van der Waals surface area contributed by atoms with Crippen molar-refractivity contribution >= 4 is 7.28 Å². The lowest BCUT2D eigenvalue weighted by atomic mass is 10.0. The molecule has 0 aromatic heterocycles. The normalized spacial score (nSPS) is 56.0. The summed E-state index contributed by atoms with van der Waals surface area (Å²) in [6.07, 6.45) is 3.12. The minimum Gasteiger partial charge on any atom is -0.0693 e. The summed E-state index contributed by atoms with van der Waals surface area (Å²) in [5, 5.41) is 0. The summed E-state index contributed by atoms with van der Waals surface area (Å²) in [5.41, 5.74) is 0. The lowest BCUT2D eigenvalue weighted by Crippen LogP contribution is -1.82. The molecule has 1 heteroatoms. The van der Waals surface area contributed by atoms with Crippen molar-refractivity contribution in [1.29, 1.82) is 0 Å². The highest BCUT2D eigenvalue weighted by atomic mass is 14.3.